The Kier molecular flexibility index (Phi) is 5.48. The second-order valence-corrected chi connectivity index (χ2v) is 4.71. The Morgan fingerprint density at radius 2 is 1.95 bits per heavy atom. The van der Waals surface area contributed by atoms with E-state index in [2.05, 4.69) is 10.2 Å². The number of hydroxylamine groups is 1. The Balaban J connectivity index is 2.52. The fraction of sp³-hybridized carbons (Fsp3) is 0.385. The molecule has 0 aliphatic carbocycles. The van der Waals surface area contributed by atoms with Crippen molar-refractivity contribution in [3.8, 4) is 0 Å². The maximum atomic E-state index is 11.8. The molecule has 0 saturated carbocycles. The van der Waals surface area contributed by atoms with Gasteiger partial charge < -0.3 is 15.6 Å². The summed E-state index contributed by atoms with van der Waals surface area (Å²) in [6.45, 7) is 2.77. The highest BCUT2D eigenvalue weighted by molar-refractivity contribution is 5.83. The van der Waals surface area contributed by atoms with E-state index < -0.39 is 23.7 Å². The summed E-state index contributed by atoms with van der Waals surface area (Å²) in [5.41, 5.74) is 6.23. The number of rotatable bonds is 6. The van der Waals surface area contributed by atoms with Crippen LogP contribution in [0.15, 0.2) is 30.3 Å². The van der Waals surface area contributed by atoms with E-state index >= 15 is 0 Å². The molecule has 20 heavy (non-hydrogen) atoms. The molecule has 1 atom stereocenters. The molecule has 0 radical (unpaired) electrons. The first-order chi connectivity index (χ1) is 9.30. The lowest BCUT2D eigenvalue weighted by molar-refractivity contribution is -0.155. The van der Waals surface area contributed by atoms with Crippen LogP contribution < -0.4 is 11.2 Å². The summed E-state index contributed by atoms with van der Waals surface area (Å²) in [6.07, 6.45) is -2.62. The highest BCUT2D eigenvalue weighted by atomic mass is 16.7. The topological polar surface area (TPSA) is 111 Å². The third kappa shape index (κ3) is 5.25. The van der Waals surface area contributed by atoms with E-state index in [0.29, 0.717) is 0 Å². The molecule has 4 N–H and O–H groups in total. The van der Waals surface area contributed by atoms with Gasteiger partial charge in [-0.3, -0.25) is 9.63 Å². The van der Waals surface area contributed by atoms with Crippen molar-refractivity contribution in [3.05, 3.63) is 35.9 Å². The summed E-state index contributed by atoms with van der Waals surface area (Å²) in [7, 11) is 0. The first kappa shape index (κ1) is 15.9. The molecule has 0 aliphatic rings. The van der Waals surface area contributed by atoms with Gasteiger partial charge in [0.25, 0.3) is 5.91 Å². The maximum absolute atomic E-state index is 11.8. The van der Waals surface area contributed by atoms with Gasteiger partial charge >= 0.3 is 6.09 Å². The second-order valence-electron chi connectivity index (χ2n) is 4.71. The predicted octanol–water partition coefficient (Wildman–Crippen LogP) is 0.469. The van der Waals surface area contributed by atoms with E-state index in [1.807, 2.05) is 30.3 Å². The van der Waals surface area contributed by atoms with Crippen molar-refractivity contribution in [2.24, 2.45) is 5.73 Å². The van der Waals surface area contributed by atoms with Crippen LogP contribution in [0.1, 0.15) is 19.4 Å². The van der Waals surface area contributed by atoms with E-state index in [-0.39, 0.29) is 6.61 Å². The smallest absolute Gasteiger partial charge is 0.405 e. The molecule has 2 amide bonds. The standard InChI is InChI=1S/C13H18N2O5/c1-13(2,18)10(20-12(14)17)11(16)15-19-8-9-6-4-3-5-7-9/h3-7,10,18H,8H2,1-2H3,(H2,14,17)(H,15,16). The summed E-state index contributed by atoms with van der Waals surface area (Å²) in [4.78, 5) is 27.5. The zero-order valence-corrected chi connectivity index (χ0v) is 11.3. The number of ether oxygens (including phenoxy) is 1. The SMILES string of the molecule is CC(C)(O)C(OC(N)=O)C(=O)NOCc1ccccc1. The minimum atomic E-state index is -1.59. The summed E-state index contributed by atoms with van der Waals surface area (Å²) >= 11 is 0. The number of hydrogen-bond acceptors (Lipinski definition) is 5. The Hall–Kier alpha value is -2.12. The average Bonchev–Trinajstić information content (AvgIpc) is 2.35. The lowest BCUT2D eigenvalue weighted by Gasteiger charge is -2.26. The van der Waals surface area contributed by atoms with Crippen LogP contribution in [0.4, 0.5) is 4.79 Å². The van der Waals surface area contributed by atoms with Gasteiger partial charge in [0, 0.05) is 0 Å². The van der Waals surface area contributed by atoms with Gasteiger partial charge in [-0.1, -0.05) is 30.3 Å². The van der Waals surface area contributed by atoms with Crippen LogP contribution in [0, 0.1) is 0 Å². The van der Waals surface area contributed by atoms with Crippen LogP contribution in [-0.4, -0.2) is 28.8 Å². The van der Waals surface area contributed by atoms with Gasteiger partial charge in [0.2, 0.25) is 6.10 Å². The van der Waals surface area contributed by atoms with Crippen LogP contribution in [0.2, 0.25) is 0 Å². The molecular formula is C13H18N2O5. The fourth-order valence-electron chi connectivity index (χ4n) is 1.45. The van der Waals surface area contributed by atoms with Gasteiger partial charge in [-0.15, -0.1) is 0 Å². The van der Waals surface area contributed by atoms with Crippen LogP contribution >= 0.6 is 0 Å². The zero-order valence-electron chi connectivity index (χ0n) is 11.3. The molecule has 0 aliphatic heterocycles. The van der Waals surface area contributed by atoms with Crippen LogP contribution in [-0.2, 0) is 21.0 Å². The highest BCUT2D eigenvalue weighted by Crippen LogP contribution is 2.13. The Morgan fingerprint density at radius 3 is 2.45 bits per heavy atom. The van der Waals surface area contributed by atoms with E-state index in [1.54, 1.807) is 0 Å². The Bertz CT molecular complexity index is 456. The maximum Gasteiger partial charge on any atom is 0.405 e. The molecule has 1 unspecified atom stereocenters. The number of hydrogen-bond donors (Lipinski definition) is 3. The van der Waals surface area contributed by atoms with Crippen molar-refractivity contribution in [2.75, 3.05) is 0 Å². The van der Waals surface area contributed by atoms with E-state index in [4.69, 9.17) is 10.6 Å². The average molecular weight is 282 g/mol. The van der Waals surface area contributed by atoms with Crippen molar-refractivity contribution in [3.63, 3.8) is 0 Å². The highest BCUT2D eigenvalue weighted by Gasteiger charge is 2.36. The third-order valence-corrected chi connectivity index (χ3v) is 2.37. The van der Waals surface area contributed by atoms with Crippen LogP contribution in [0.25, 0.3) is 0 Å². The molecule has 0 spiro atoms. The van der Waals surface area contributed by atoms with Crippen molar-refractivity contribution in [2.45, 2.75) is 32.2 Å². The first-order valence-electron chi connectivity index (χ1n) is 5.94. The number of benzene rings is 1. The van der Waals surface area contributed by atoms with Crippen LogP contribution in [0.3, 0.4) is 0 Å². The molecular weight excluding hydrogens is 264 g/mol. The predicted molar refractivity (Wildman–Crippen MR) is 70.1 cm³/mol. The largest absolute Gasteiger partial charge is 0.433 e. The summed E-state index contributed by atoms with van der Waals surface area (Å²) in [5.74, 6) is -0.799. The Morgan fingerprint density at radius 1 is 1.35 bits per heavy atom. The lowest BCUT2D eigenvalue weighted by Crippen LogP contribution is -2.51. The number of carbonyl (C=O) groups is 2. The monoisotopic (exact) mass is 282 g/mol. The lowest BCUT2D eigenvalue weighted by atomic mass is 10.0. The molecule has 7 nitrogen and oxygen atoms in total. The summed E-state index contributed by atoms with van der Waals surface area (Å²) < 4.78 is 4.58. The van der Waals surface area contributed by atoms with Gasteiger partial charge in [0.05, 0.1) is 6.61 Å². The Labute approximate surface area is 116 Å². The molecule has 0 aromatic heterocycles. The van der Waals surface area contributed by atoms with Gasteiger partial charge in [0.15, 0.2) is 0 Å². The van der Waals surface area contributed by atoms with Gasteiger partial charge in [-0.25, -0.2) is 10.3 Å². The summed E-state index contributed by atoms with van der Waals surface area (Å²) in [6, 6.07) is 9.15. The first-order valence-corrected chi connectivity index (χ1v) is 5.94. The molecule has 0 bridgehead atoms. The number of primary amides is 1. The van der Waals surface area contributed by atoms with Crippen molar-refractivity contribution in [1.29, 1.82) is 0 Å². The van der Waals surface area contributed by atoms with E-state index in [9.17, 15) is 14.7 Å². The third-order valence-electron chi connectivity index (χ3n) is 2.37. The molecule has 0 fully saturated rings. The van der Waals surface area contributed by atoms with E-state index in [0.717, 1.165) is 5.56 Å². The van der Waals surface area contributed by atoms with Crippen molar-refractivity contribution < 1.29 is 24.3 Å². The minimum Gasteiger partial charge on any atom is -0.433 e. The van der Waals surface area contributed by atoms with Gasteiger partial charge in [0.1, 0.15) is 5.60 Å². The number of carbonyl (C=O) groups excluding carboxylic acids is 2. The zero-order chi connectivity index (χ0) is 15.2. The minimum absolute atomic E-state index is 0.141. The molecule has 7 heteroatoms. The number of amides is 2. The van der Waals surface area contributed by atoms with Gasteiger partial charge in [-0.05, 0) is 19.4 Å². The number of aliphatic hydroxyl groups is 1. The van der Waals surface area contributed by atoms with Crippen molar-refractivity contribution >= 4 is 12.0 Å². The molecule has 1 rings (SSSR count). The second kappa shape index (κ2) is 6.88. The van der Waals surface area contributed by atoms with Gasteiger partial charge in [-0.2, -0.15) is 0 Å². The van der Waals surface area contributed by atoms with Crippen molar-refractivity contribution in [1.82, 2.24) is 5.48 Å². The summed E-state index contributed by atoms with van der Waals surface area (Å²) in [5, 5.41) is 9.76. The number of nitrogens with two attached hydrogens (primary N) is 1. The number of nitrogens with one attached hydrogen (secondary N) is 1. The molecule has 0 heterocycles. The molecule has 0 saturated heterocycles. The quantitative estimate of drug-likeness (QED) is 0.657. The van der Waals surface area contributed by atoms with E-state index in [1.165, 1.54) is 13.8 Å². The molecule has 110 valence electrons. The fourth-order valence-corrected chi connectivity index (χ4v) is 1.45. The molecule has 1 aromatic rings. The van der Waals surface area contributed by atoms with Crippen LogP contribution in [0.5, 0.6) is 0 Å². The molecule has 1 aromatic carbocycles. The normalized spacial score (nSPS) is 12.6.